The molecule has 0 bridgehead atoms. The standard InChI is InChI=1S/C16H19Cl2FN2O2/c17-11-8-12(18)13(19)7-10(11)14-9-21(5-6-23-14)15(22)16(20)3-1-2-4-16/h7-8,14H,1-6,9,20H2. The lowest BCUT2D eigenvalue weighted by molar-refractivity contribution is -0.144. The summed E-state index contributed by atoms with van der Waals surface area (Å²) in [7, 11) is 0. The number of hydrogen-bond acceptors (Lipinski definition) is 3. The third kappa shape index (κ3) is 3.33. The highest BCUT2D eigenvalue weighted by atomic mass is 35.5. The van der Waals surface area contributed by atoms with Gasteiger partial charge in [0, 0.05) is 17.1 Å². The van der Waals surface area contributed by atoms with E-state index >= 15 is 0 Å². The number of morpholine rings is 1. The highest BCUT2D eigenvalue weighted by molar-refractivity contribution is 6.35. The van der Waals surface area contributed by atoms with Gasteiger partial charge in [0.1, 0.15) is 11.9 Å². The average molecular weight is 361 g/mol. The number of rotatable bonds is 2. The topological polar surface area (TPSA) is 55.6 Å². The number of nitrogens with two attached hydrogens (primary N) is 1. The average Bonchev–Trinajstić information content (AvgIpc) is 2.98. The summed E-state index contributed by atoms with van der Waals surface area (Å²) >= 11 is 11.9. The van der Waals surface area contributed by atoms with Crippen molar-refractivity contribution in [1.82, 2.24) is 4.90 Å². The molecule has 1 aromatic rings. The van der Waals surface area contributed by atoms with Gasteiger partial charge in [-0.15, -0.1) is 0 Å². The monoisotopic (exact) mass is 360 g/mol. The molecule has 1 saturated heterocycles. The molecule has 1 atom stereocenters. The smallest absolute Gasteiger partial charge is 0.242 e. The number of amides is 1. The zero-order valence-corrected chi connectivity index (χ0v) is 14.2. The van der Waals surface area contributed by atoms with Crippen LogP contribution >= 0.6 is 23.2 Å². The number of halogens is 3. The summed E-state index contributed by atoms with van der Waals surface area (Å²) < 4.78 is 19.4. The van der Waals surface area contributed by atoms with Gasteiger partial charge in [0.25, 0.3) is 0 Å². The first-order chi connectivity index (χ1) is 10.9. The van der Waals surface area contributed by atoms with Crippen LogP contribution in [0.2, 0.25) is 10.0 Å². The molecule has 1 unspecified atom stereocenters. The second-order valence-corrected chi connectivity index (χ2v) is 7.08. The molecule has 0 radical (unpaired) electrons. The van der Waals surface area contributed by atoms with Crippen molar-refractivity contribution in [2.24, 2.45) is 5.73 Å². The van der Waals surface area contributed by atoms with Crippen LogP contribution in [-0.2, 0) is 9.53 Å². The molecule has 1 heterocycles. The Morgan fingerprint density at radius 3 is 2.70 bits per heavy atom. The molecular formula is C16H19Cl2FN2O2. The maximum atomic E-state index is 13.7. The van der Waals surface area contributed by atoms with E-state index in [1.165, 1.54) is 12.1 Å². The molecule has 1 aliphatic heterocycles. The Hall–Kier alpha value is -0.880. The van der Waals surface area contributed by atoms with Gasteiger partial charge in [-0.25, -0.2) is 4.39 Å². The molecule has 3 rings (SSSR count). The van der Waals surface area contributed by atoms with Gasteiger partial charge in [0.2, 0.25) is 5.91 Å². The van der Waals surface area contributed by atoms with Crippen LogP contribution in [0.4, 0.5) is 4.39 Å². The van der Waals surface area contributed by atoms with E-state index in [1.807, 2.05) is 0 Å². The second kappa shape index (κ2) is 6.55. The first kappa shape index (κ1) is 17.0. The molecule has 4 nitrogen and oxygen atoms in total. The highest BCUT2D eigenvalue weighted by Crippen LogP contribution is 2.34. The normalized spacial score (nSPS) is 24.0. The molecular weight excluding hydrogens is 342 g/mol. The van der Waals surface area contributed by atoms with Gasteiger partial charge in [0.05, 0.1) is 23.7 Å². The number of ether oxygens (including phenoxy) is 1. The molecule has 2 aliphatic rings. The molecule has 2 N–H and O–H groups in total. The first-order valence-electron chi connectivity index (χ1n) is 7.75. The van der Waals surface area contributed by atoms with Crippen molar-refractivity contribution in [3.05, 3.63) is 33.6 Å². The number of carbonyl (C=O) groups is 1. The summed E-state index contributed by atoms with van der Waals surface area (Å²) in [5, 5.41) is 0.299. The number of carbonyl (C=O) groups excluding carboxylic acids is 1. The van der Waals surface area contributed by atoms with Gasteiger partial charge in [-0.2, -0.15) is 0 Å². The van der Waals surface area contributed by atoms with E-state index in [-0.39, 0.29) is 10.9 Å². The third-order valence-electron chi connectivity index (χ3n) is 4.66. The van der Waals surface area contributed by atoms with Crippen molar-refractivity contribution in [2.75, 3.05) is 19.7 Å². The summed E-state index contributed by atoms with van der Waals surface area (Å²) in [6, 6.07) is 2.64. The Morgan fingerprint density at radius 2 is 2.00 bits per heavy atom. The fourth-order valence-electron chi connectivity index (χ4n) is 3.34. The minimum absolute atomic E-state index is 0.0330. The van der Waals surface area contributed by atoms with Crippen LogP contribution in [0.5, 0.6) is 0 Å². The summed E-state index contributed by atoms with van der Waals surface area (Å²) in [5.41, 5.74) is 5.99. The molecule has 1 saturated carbocycles. The summed E-state index contributed by atoms with van der Waals surface area (Å²) in [5.74, 6) is -0.599. The van der Waals surface area contributed by atoms with Crippen molar-refractivity contribution in [1.29, 1.82) is 0 Å². The second-order valence-electron chi connectivity index (χ2n) is 6.26. The summed E-state index contributed by atoms with van der Waals surface area (Å²) in [6.45, 7) is 1.17. The van der Waals surface area contributed by atoms with Gasteiger partial charge in [-0.05, 0) is 25.0 Å². The van der Waals surface area contributed by atoms with E-state index in [0.717, 1.165) is 12.8 Å². The predicted octanol–water partition coefficient (Wildman–Crippen LogP) is 3.30. The van der Waals surface area contributed by atoms with E-state index in [0.29, 0.717) is 43.1 Å². The zero-order valence-electron chi connectivity index (χ0n) is 12.7. The summed E-state index contributed by atoms with van der Waals surface area (Å²) in [6.07, 6.45) is 2.90. The van der Waals surface area contributed by atoms with E-state index in [9.17, 15) is 9.18 Å². The lowest BCUT2D eigenvalue weighted by atomic mass is 9.96. The van der Waals surface area contributed by atoms with Crippen LogP contribution in [0.3, 0.4) is 0 Å². The molecule has 7 heteroatoms. The molecule has 2 fully saturated rings. The number of benzene rings is 1. The SMILES string of the molecule is NC1(C(=O)N2CCOC(c3cc(F)c(Cl)cc3Cl)C2)CCCC1. The lowest BCUT2D eigenvalue weighted by Gasteiger charge is -2.37. The molecule has 1 amide bonds. The maximum absolute atomic E-state index is 13.7. The van der Waals surface area contributed by atoms with Crippen LogP contribution in [0.15, 0.2) is 12.1 Å². The van der Waals surface area contributed by atoms with Gasteiger partial charge in [-0.3, -0.25) is 4.79 Å². The van der Waals surface area contributed by atoms with Crippen LogP contribution in [0.1, 0.15) is 37.4 Å². The maximum Gasteiger partial charge on any atom is 0.242 e. The van der Waals surface area contributed by atoms with Gasteiger partial charge in [-0.1, -0.05) is 36.0 Å². The Bertz CT molecular complexity index is 620. The van der Waals surface area contributed by atoms with Crippen LogP contribution in [-0.4, -0.2) is 36.0 Å². The Kier molecular flexibility index (Phi) is 4.83. The van der Waals surface area contributed by atoms with Crippen molar-refractivity contribution >= 4 is 29.1 Å². The molecule has 1 aliphatic carbocycles. The fraction of sp³-hybridized carbons (Fsp3) is 0.562. The quantitative estimate of drug-likeness (QED) is 0.823. The van der Waals surface area contributed by atoms with Gasteiger partial charge < -0.3 is 15.4 Å². The van der Waals surface area contributed by atoms with E-state index in [4.69, 9.17) is 33.7 Å². The molecule has 0 spiro atoms. The first-order valence-corrected chi connectivity index (χ1v) is 8.50. The Balaban J connectivity index is 1.78. The predicted molar refractivity (Wildman–Crippen MR) is 87.1 cm³/mol. The van der Waals surface area contributed by atoms with Crippen LogP contribution in [0, 0.1) is 5.82 Å². The van der Waals surface area contributed by atoms with Gasteiger partial charge in [0.15, 0.2) is 0 Å². The minimum atomic E-state index is -0.767. The largest absolute Gasteiger partial charge is 0.370 e. The fourth-order valence-corrected chi connectivity index (χ4v) is 3.85. The summed E-state index contributed by atoms with van der Waals surface area (Å²) in [4.78, 5) is 14.4. The minimum Gasteiger partial charge on any atom is -0.370 e. The van der Waals surface area contributed by atoms with E-state index in [2.05, 4.69) is 0 Å². The Labute approximate surface area is 144 Å². The van der Waals surface area contributed by atoms with Crippen LogP contribution < -0.4 is 5.73 Å². The van der Waals surface area contributed by atoms with Crippen molar-refractivity contribution < 1.29 is 13.9 Å². The van der Waals surface area contributed by atoms with E-state index in [1.54, 1.807) is 4.90 Å². The molecule has 1 aromatic carbocycles. The third-order valence-corrected chi connectivity index (χ3v) is 5.28. The zero-order chi connectivity index (χ0) is 16.6. The Morgan fingerprint density at radius 1 is 1.30 bits per heavy atom. The number of hydrogen-bond donors (Lipinski definition) is 1. The van der Waals surface area contributed by atoms with Gasteiger partial charge >= 0.3 is 0 Å². The van der Waals surface area contributed by atoms with Crippen molar-refractivity contribution in [2.45, 2.75) is 37.3 Å². The molecule has 23 heavy (non-hydrogen) atoms. The number of nitrogens with zero attached hydrogens (tertiary/aromatic N) is 1. The van der Waals surface area contributed by atoms with Crippen molar-refractivity contribution in [3.63, 3.8) is 0 Å². The lowest BCUT2D eigenvalue weighted by Crippen LogP contribution is -2.56. The molecule has 0 aromatic heterocycles. The van der Waals surface area contributed by atoms with E-state index < -0.39 is 17.5 Å². The molecule has 126 valence electrons. The highest BCUT2D eigenvalue weighted by Gasteiger charge is 2.41. The van der Waals surface area contributed by atoms with Crippen LogP contribution in [0.25, 0.3) is 0 Å². The van der Waals surface area contributed by atoms with Crippen molar-refractivity contribution in [3.8, 4) is 0 Å².